The van der Waals surface area contributed by atoms with Crippen LogP contribution in [0.4, 0.5) is 0 Å². The standard InChI is InChI=1S/C14H20N2O2/c1-3-18-14(17)13(16-8-11-4-5-11)12-9-15-7-6-10(12)2/h6-7,9,11,13,16H,3-5,8H2,1-2H3. The number of nitrogens with one attached hydrogen (secondary N) is 1. The Morgan fingerprint density at radius 3 is 3.00 bits per heavy atom. The van der Waals surface area contributed by atoms with Gasteiger partial charge in [-0.15, -0.1) is 0 Å². The van der Waals surface area contributed by atoms with Crippen molar-refractivity contribution in [1.29, 1.82) is 0 Å². The smallest absolute Gasteiger partial charge is 0.327 e. The Balaban J connectivity index is 2.11. The van der Waals surface area contributed by atoms with Crippen LogP contribution in [0.2, 0.25) is 0 Å². The van der Waals surface area contributed by atoms with Crippen LogP contribution in [0, 0.1) is 12.8 Å². The van der Waals surface area contributed by atoms with Gasteiger partial charge in [0.25, 0.3) is 0 Å². The number of ether oxygens (including phenoxy) is 1. The molecule has 18 heavy (non-hydrogen) atoms. The van der Waals surface area contributed by atoms with Crippen LogP contribution in [0.5, 0.6) is 0 Å². The second kappa shape index (κ2) is 5.96. The molecule has 4 heteroatoms. The van der Waals surface area contributed by atoms with Gasteiger partial charge in [0.15, 0.2) is 0 Å². The van der Waals surface area contributed by atoms with E-state index in [9.17, 15) is 4.79 Å². The molecule has 4 nitrogen and oxygen atoms in total. The summed E-state index contributed by atoms with van der Waals surface area (Å²) < 4.78 is 5.14. The van der Waals surface area contributed by atoms with Crippen molar-refractivity contribution in [2.75, 3.05) is 13.2 Å². The SMILES string of the molecule is CCOC(=O)C(NCC1CC1)c1cnccc1C. The molecule has 1 atom stereocenters. The van der Waals surface area contributed by atoms with Crippen LogP contribution >= 0.6 is 0 Å². The van der Waals surface area contributed by atoms with Crippen LogP contribution in [0.3, 0.4) is 0 Å². The Bertz CT molecular complexity index is 416. The molecule has 1 unspecified atom stereocenters. The van der Waals surface area contributed by atoms with Crippen LogP contribution in [0.25, 0.3) is 0 Å². The van der Waals surface area contributed by atoms with Crippen LogP contribution < -0.4 is 5.32 Å². The number of pyridine rings is 1. The van der Waals surface area contributed by atoms with E-state index in [1.807, 2.05) is 19.9 Å². The van der Waals surface area contributed by atoms with Crippen LogP contribution in [0.1, 0.15) is 36.9 Å². The third-order valence-electron chi connectivity index (χ3n) is 3.22. The Morgan fingerprint density at radius 2 is 2.39 bits per heavy atom. The molecule has 0 saturated heterocycles. The summed E-state index contributed by atoms with van der Waals surface area (Å²) in [5, 5.41) is 3.31. The lowest BCUT2D eigenvalue weighted by Crippen LogP contribution is -2.32. The molecule has 1 aromatic rings. The van der Waals surface area contributed by atoms with E-state index in [0.717, 1.165) is 23.6 Å². The summed E-state index contributed by atoms with van der Waals surface area (Å²) in [6, 6.07) is 1.53. The molecule has 0 radical (unpaired) electrons. The molecule has 1 aromatic heterocycles. The molecule has 0 aliphatic heterocycles. The number of aryl methyl sites for hydroxylation is 1. The van der Waals surface area contributed by atoms with Gasteiger partial charge in [-0.2, -0.15) is 0 Å². The normalized spacial score (nSPS) is 16.3. The average molecular weight is 248 g/mol. The number of hydrogen-bond donors (Lipinski definition) is 1. The Hall–Kier alpha value is -1.42. The number of esters is 1. The topological polar surface area (TPSA) is 51.2 Å². The van der Waals surface area contributed by atoms with E-state index in [4.69, 9.17) is 4.74 Å². The molecule has 0 spiro atoms. The highest BCUT2D eigenvalue weighted by Gasteiger charge is 2.27. The third kappa shape index (κ3) is 3.29. The second-order valence-corrected chi connectivity index (χ2v) is 4.77. The second-order valence-electron chi connectivity index (χ2n) is 4.77. The first-order valence-corrected chi connectivity index (χ1v) is 6.53. The zero-order valence-corrected chi connectivity index (χ0v) is 11.0. The van der Waals surface area contributed by atoms with Gasteiger partial charge in [-0.05, 0) is 50.8 Å². The fourth-order valence-electron chi connectivity index (χ4n) is 1.93. The molecule has 2 rings (SSSR count). The van der Waals surface area contributed by atoms with Gasteiger partial charge in [0, 0.05) is 18.0 Å². The van der Waals surface area contributed by atoms with Crippen molar-refractivity contribution in [2.45, 2.75) is 32.7 Å². The molecule has 1 N–H and O–H groups in total. The minimum absolute atomic E-state index is 0.214. The first-order valence-electron chi connectivity index (χ1n) is 6.53. The number of rotatable bonds is 6. The van der Waals surface area contributed by atoms with E-state index >= 15 is 0 Å². The molecule has 1 fully saturated rings. The zero-order chi connectivity index (χ0) is 13.0. The van der Waals surface area contributed by atoms with Crippen LogP contribution in [-0.2, 0) is 9.53 Å². The number of carbonyl (C=O) groups is 1. The number of nitrogens with zero attached hydrogens (tertiary/aromatic N) is 1. The Kier molecular flexibility index (Phi) is 4.31. The molecule has 1 aliphatic carbocycles. The first-order chi connectivity index (χ1) is 8.72. The molecule has 1 aliphatic rings. The van der Waals surface area contributed by atoms with Gasteiger partial charge >= 0.3 is 5.97 Å². The maximum atomic E-state index is 12.0. The summed E-state index contributed by atoms with van der Waals surface area (Å²) in [7, 11) is 0. The van der Waals surface area contributed by atoms with Crippen molar-refractivity contribution in [1.82, 2.24) is 10.3 Å². The maximum absolute atomic E-state index is 12.0. The number of hydrogen-bond acceptors (Lipinski definition) is 4. The van der Waals surface area contributed by atoms with Gasteiger partial charge in [0.05, 0.1) is 6.61 Å². The van der Waals surface area contributed by atoms with E-state index in [0.29, 0.717) is 6.61 Å². The fourth-order valence-corrected chi connectivity index (χ4v) is 1.93. The van der Waals surface area contributed by atoms with E-state index < -0.39 is 0 Å². The lowest BCUT2D eigenvalue weighted by Gasteiger charge is -2.18. The van der Waals surface area contributed by atoms with E-state index in [2.05, 4.69) is 10.3 Å². The molecular formula is C14H20N2O2. The molecule has 1 saturated carbocycles. The summed E-state index contributed by atoms with van der Waals surface area (Å²) in [6.45, 7) is 5.09. The fraction of sp³-hybridized carbons (Fsp3) is 0.571. The predicted octanol–water partition coefficient (Wildman–Crippen LogP) is 1.99. The lowest BCUT2D eigenvalue weighted by molar-refractivity contribution is -0.145. The van der Waals surface area contributed by atoms with Gasteiger partial charge in [-0.3, -0.25) is 4.98 Å². The summed E-state index contributed by atoms with van der Waals surface area (Å²) >= 11 is 0. The van der Waals surface area contributed by atoms with E-state index in [1.54, 1.807) is 12.4 Å². The monoisotopic (exact) mass is 248 g/mol. The quantitative estimate of drug-likeness (QED) is 0.782. The number of aromatic nitrogens is 1. The molecule has 98 valence electrons. The largest absolute Gasteiger partial charge is 0.465 e. The van der Waals surface area contributed by atoms with Crippen molar-refractivity contribution in [3.05, 3.63) is 29.6 Å². The molecule has 0 bridgehead atoms. The van der Waals surface area contributed by atoms with E-state index in [-0.39, 0.29) is 12.0 Å². The van der Waals surface area contributed by atoms with Crippen molar-refractivity contribution in [3.63, 3.8) is 0 Å². The highest BCUT2D eigenvalue weighted by Crippen LogP contribution is 2.29. The number of carbonyl (C=O) groups excluding carboxylic acids is 1. The zero-order valence-electron chi connectivity index (χ0n) is 11.0. The Morgan fingerprint density at radius 1 is 1.61 bits per heavy atom. The minimum atomic E-state index is -0.390. The lowest BCUT2D eigenvalue weighted by atomic mass is 10.0. The van der Waals surface area contributed by atoms with Gasteiger partial charge < -0.3 is 10.1 Å². The van der Waals surface area contributed by atoms with Crippen molar-refractivity contribution in [3.8, 4) is 0 Å². The van der Waals surface area contributed by atoms with Crippen LogP contribution in [0.15, 0.2) is 18.5 Å². The first kappa shape index (κ1) is 13.0. The van der Waals surface area contributed by atoms with Crippen LogP contribution in [-0.4, -0.2) is 24.1 Å². The molecule has 0 aromatic carbocycles. The highest BCUT2D eigenvalue weighted by molar-refractivity contribution is 5.78. The van der Waals surface area contributed by atoms with E-state index in [1.165, 1.54) is 12.8 Å². The van der Waals surface area contributed by atoms with Gasteiger partial charge in [0.2, 0.25) is 0 Å². The van der Waals surface area contributed by atoms with Gasteiger partial charge in [0.1, 0.15) is 6.04 Å². The molecular weight excluding hydrogens is 228 g/mol. The maximum Gasteiger partial charge on any atom is 0.327 e. The van der Waals surface area contributed by atoms with Crippen molar-refractivity contribution < 1.29 is 9.53 Å². The van der Waals surface area contributed by atoms with Gasteiger partial charge in [-0.25, -0.2) is 4.79 Å². The summed E-state index contributed by atoms with van der Waals surface area (Å²) in [6.07, 6.45) is 6.00. The predicted molar refractivity (Wildman–Crippen MR) is 69.1 cm³/mol. The molecule has 0 amide bonds. The third-order valence-corrected chi connectivity index (χ3v) is 3.22. The summed E-state index contributed by atoms with van der Waals surface area (Å²) in [5.74, 6) is 0.508. The molecule has 1 heterocycles. The minimum Gasteiger partial charge on any atom is -0.465 e. The average Bonchev–Trinajstić information content (AvgIpc) is 3.16. The van der Waals surface area contributed by atoms with Crippen molar-refractivity contribution in [2.24, 2.45) is 5.92 Å². The highest BCUT2D eigenvalue weighted by atomic mass is 16.5. The van der Waals surface area contributed by atoms with Gasteiger partial charge in [-0.1, -0.05) is 0 Å². The van der Waals surface area contributed by atoms with Crippen molar-refractivity contribution >= 4 is 5.97 Å². The summed E-state index contributed by atoms with van der Waals surface area (Å²) in [4.78, 5) is 16.1. The Labute approximate surface area is 108 Å². The summed E-state index contributed by atoms with van der Waals surface area (Å²) in [5.41, 5.74) is 1.97.